The van der Waals surface area contributed by atoms with Gasteiger partial charge in [0, 0.05) is 24.2 Å². The molecule has 0 aliphatic carbocycles. The van der Waals surface area contributed by atoms with Crippen LogP contribution in [0.3, 0.4) is 0 Å². The Labute approximate surface area is 169 Å². The van der Waals surface area contributed by atoms with Gasteiger partial charge in [0.05, 0.1) is 16.4 Å². The van der Waals surface area contributed by atoms with Crippen molar-refractivity contribution >= 4 is 43.1 Å². The lowest BCUT2D eigenvalue weighted by molar-refractivity contribution is 0.0953. The summed E-state index contributed by atoms with van der Waals surface area (Å²) in [5.74, 6) is -2.29. The Morgan fingerprint density at radius 3 is 1.79 bits per heavy atom. The lowest BCUT2D eigenvalue weighted by atomic mass is 10.1. The Hall–Kier alpha value is -1.91. The van der Waals surface area contributed by atoms with Crippen molar-refractivity contribution in [3.63, 3.8) is 0 Å². The minimum Gasteiger partial charge on any atom is -0.352 e. The summed E-state index contributed by atoms with van der Waals surface area (Å²) in [5.41, 5.74) is -0.540. The fraction of sp³-hybridized carbons (Fsp3) is 0.429. The summed E-state index contributed by atoms with van der Waals surface area (Å²) in [6, 6.07) is 2.75. The third-order valence-corrected chi connectivity index (χ3v) is 5.65. The Balaban J connectivity index is 2.94. The van der Waals surface area contributed by atoms with Crippen LogP contribution >= 0.6 is 0 Å². The van der Waals surface area contributed by atoms with Gasteiger partial charge >= 0.3 is 0 Å². The molecular formula is C14H20N2O10S3. The zero-order valence-corrected chi connectivity index (χ0v) is 17.3. The van der Waals surface area contributed by atoms with Crippen LogP contribution in [0.15, 0.2) is 23.1 Å². The number of benzene rings is 1. The highest BCUT2D eigenvalue weighted by Crippen LogP contribution is 2.16. The van der Waals surface area contributed by atoms with Gasteiger partial charge in [-0.3, -0.25) is 18.7 Å². The first kappa shape index (κ1) is 25.1. The van der Waals surface area contributed by atoms with Crippen LogP contribution in [0.25, 0.3) is 0 Å². The van der Waals surface area contributed by atoms with Gasteiger partial charge in [-0.25, -0.2) is 4.21 Å². The SMILES string of the molecule is O=C(NCCCS(=O)O)c1cc(C(=O)NCCCS(=O)(=O)O)cc(S(=O)(=O)O)c1. The topological polar surface area (TPSA) is 204 Å². The van der Waals surface area contributed by atoms with Crippen molar-refractivity contribution in [2.24, 2.45) is 0 Å². The van der Waals surface area contributed by atoms with Crippen LogP contribution < -0.4 is 10.6 Å². The van der Waals surface area contributed by atoms with Crippen molar-refractivity contribution in [1.29, 1.82) is 0 Å². The van der Waals surface area contributed by atoms with Gasteiger partial charge in [0.15, 0.2) is 11.1 Å². The van der Waals surface area contributed by atoms with Gasteiger partial charge in [0.1, 0.15) is 0 Å². The summed E-state index contributed by atoms with van der Waals surface area (Å²) >= 11 is -2.03. The number of carbonyl (C=O) groups excluding carboxylic acids is 2. The summed E-state index contributed by atoms with van der Waals surface area (Å²) in [7, 11) is -8.94. The molecule has 1 aromatic rings. The third kappa shape index (κ3) is 9.91. The molecule has 0 aromatic heterocycles. The number of carbonyl (C=O) groups is 2. The average molecular weight is 473 g/mol. The molecule has 12 nitrogen and oxygen atoms in total. The molecule has 0 radical (unpaired) electrons. The van der Waals surface area contributed by atoms with E-state index < -0.39 is 53.8 Å². The second-order valence-electron chi connectivity index (χ2n) is 5.75. The molecule has 5 N–H and O–H groups in total. The monoisotopic (exact) mass is 472 g/mol. The molecule has 0 saturated carbocycles. The van der Waals surface area contributed by atoms with Gasteiger partial charge in [0.2, 0.25) is 0 Å². The van der Waals surface area contributed by atoms with E-state index in [2.05, 4.69) is 10.6 Å². The Morgan fingerprint density at radius 2 is 1.38 bits per heavy atom. The van der Waals surface area contributed by atoms with Crippen molar-refractivity contribution < 1.29 is 44.3 Å². The first-order chi connectivity index (χ1) is 13.3. The smallest absolute Gasteiger partial charge is 0.294 e. The molecule has 164 valence electrons. The Bertz CT molecular complexity index is 989. The van der Waals surface area contributed by atoms with Gasteiger partial charge in [-0.1, -0.05) is 0 Å². The number of hydrogen-bond donors (Lipinski definition) is 5. The molecule has 0 saturated heterocycles. The number of amides is 2. The highest BCUT2D eigenvalue weighted by molar-refractivity contribution is 7.86. The van der Waals surface area contributed by atoms with Gasteiger partial charge in [-0.05, 0) is 31.0 Å². The van der Waals surface area contributed by atoms with Crippen molar-refractivity contribution in [1.82, 2.24) is 10.6 Å². The summed E-state index contributed by atoms with van der Waals surface area (Å²) in [5, 5.41) is 4.68. The fourth-order valence-corrected chi connectivity index (χ4v) is 3.52. The van der Waals surface area contributed by atoms with Gasteiger partial charge in [0.25, 0.3) is 32.1 Å². The largest absolute Gasteiger partial charge is 0.352 e. The lowest BCUT2D eigenvalue weighted by Gasteiger charge is -2.10. The third-order valence-electron chi connectivity index (χ3n) is 3.37. The second-order valence-corrected chi connectivity index (χ2v) is 9.80. The van der Waals surface area contributed by atoms with E-state index in [0.29, 0.717) is 0 Å². The maximum absolute atomic E-state index is 12.2. The van der Waals surface area contributed by atoms with Crippen LogP contribution in [0.4, 0.5) is 0 Å². The second kappa shape index (κ2) is 10.7. The molecule has 0 aliphatic rings. The van der Waals surface area contributed by atoms with E-state index in [4.69, 9.17) is 9.11 Å². The van der Waals surface area contributed by atoms with Crippen LogP contribution in [0.5, 0.6) is 0 Å². The minimum atomic E-state index is -4.74. The van der Waals surface area contributed by atoms with Crippen molar-refractivity contribution in [2.75, 3.05) is 24.6 Å². The summed E-state index contributed by atoms with van der Waals surface area (Å²) in [6.45, 7) is -0.146. The molecular weight excluding hydrogens is 452 g/mol. The van der Waals surface area contributed by atoms with E-state index in [0.717, 1.165) is 18.2 Å². The summed E-state index contributed by atoms with van der Waals surface area (Å²) < 4.78 is 81.2. The maximum Gasteiger partial charge on any atom is 0.294 e. The number of nitrogens with one attached hydrogen (secondary N) is 2. The molecule has 1 rings (SSSR count). The van der Waals surface area contributed by atoms with Crippen molar-refractivity contribution in [3.05, 3.63) is 29.3 Å². The molecule has 0 spiro atoms. The zero-order valence-electron chi connectivity index (χ0n) is 14.9. The first-order valence-electron chi connectivity index (χ1n) is 8.01. The molecule has 0 heterocycles. The highest BCUT2D eigenvalue weighted by atomic mass is 32.2. The van der Waals surface area contributed by atoms with E-state index in [1.54, 1.807) is 0 Å². The van der Waals surface area contributed by atoms with Crippen molar-refractivity contribution in [3.8, 4) is 0 Å². The Morgan fingerprint density at radius 1 is 0.897 bits per heavy atom. The molecule has 1 unspecified atom stereocenters. The molecule has 2 amide bonds. The number of rotatable bonds is 11. The van der Waals surface area contributed by atoms with Crippen LogP contribution in [-0.4, -0.2) is 71.1 Å². The molecule has 29 heavy (non-hydrogen) atoms. The zero-order chi connectivity index (χ0) is 22.2. The molecule has 1 aromatic carbocycles. The molecule has 0 aliphatic heterocycles. The van der Waals surface area contributed by atoms with Crippen LogP contribution in [0.1, 0.15) is 33.6 Å². The van der Waals surface area contributed by atoms with E-state index in [-0.39, 0.29) is 42.8 Å². The predicted octanol–water partition coefficient (Wildman–Crippen LogP) is -0.717. The normalized spacial score (nSPS) is 12.9. The quantitative estimate of drug-likeness (QED) is 0.155. The van der Waals surface area contributed by atoms with Gasteiger partial charge in [-0.2, -0.15) is 16.8 Å². The predicted molar refractivity (Wildman–Crippen MR) is 102 cm³/mol. The molecule has 1 atom stereocenters. The van der Waals surface area contributed by atoms with Crippen LogP contribution in [0, 0.1) is 0 Å². The summed E-state index contributed by atoms with van der Waals surface area (Å²) in [6.07, 6.45) is 0.0656. The first-order valence-corrected chi connectivity index (χ1v) is 12.3. The Kier molecular flexibility index (Phi) is 9.31. The average Bonchev–Trinajstić information content (AvgIpc) is 2.59. The van der Waals surface area contributed by atoms with E-state index in [1.807, 2.05) is 0 Å². The van der Waals surface area contributed by atoms with Gasteiger partial charge < -0.3 is 15.2 Å². The standard InChI is InChI=1S/C14H20N2O10S3/c17-13(15-3-1-5-27(19)20)10-7-11(9-12(8-10)29(24,25)26)14(18)16-4-2-6-28(21,22)23/h7-9H,1-6H2,(H,15,17)(H,16,18)(H,19,20)(H,21,22,23)(H,24,25,26). The minimum absolute atomic E-state index is 0.0123. The van der Waals surface area contributed by atoms with Gasteiger partial charge in [-0.15, -0.1) is 0 Å². The van der Waals surface area contributed by atoms with Crippen LogP contribution in [0.2, 0.25) is 0 Å². The summed E-state index contributed by atoms with van der Waals surface area (Å²) in [4.78, 5) is 23.6. The molecule has 15 heteroatoms. The van der Waals surface area contributed by atoms with E-state index >= 15 is 0 Å². The number of hydrogen-bond acceptors (Lipinski definition) is 7. The highest BCUT2D eigenvalue weighted by Gasteiger charge is 2.18. The van der Waals surface area contributed by atoms with Crippen LogP contribution in [-0.2, 0) is 31.3 Å². The fourth-order valence-electron chi connectivity index (χ4n) is 2.07. The lowest BCUT2D eigenvalue weighted by Crippen LogP contribution is -2.28. The van der Waals surface area contributed by atoms with Crippen molar-refractivity contribution in [2.45, 2.75) is 17.7 Å². The maximum atomic E-state index is 12.2. The van der Waals surface area contributed by atoms with E-state index in [1.165, 1.54) is 0 Å². The van der Waals surface area contributed by atoms with E-state index in [9.17, 15) is 35.2 Å². The molecule has 0 bridgehead atoms. The molecule has 0 fully saturated rings.